The Balaban J connectivity index is 2.01. The molecule has 1 aromatic carbocycles. The Kier molecular flexibility index (Phi) is 4.08. The van der Waals surface area contributed by atoms with Gasteiger partial charge in [0.2, 0.25) is 0 Å². The Labute approximate surface area is 112 Å². The van der Waals surface area contributed by atoms with Crippen LogP contribution in [0.3, 0.4) is 0 Å². The predicted octanol–water partition coefficient (Wildman–Crippen LogP) is 2.87. The summed E-state index contributed by atoms with van der Waals surface area (Å²) in [5.41, 5.74) is 1.39. The van der Waals surface area contributed by atoms with Gasteiger partial charge in [-0.05, 0) is 41.1 Å². The van der Waals surface area contributed by atoms with E-state index in [9.17, 15) is 0 Å². The van der Waals surface area contributed by atoms with Crippen LogP contribution in [0, 0.1) is 3.57 Å². The molecule has 1 N–H and O–H groups in total. The van der Waals surface area contributed by atoms with Gasteiger partial charge in [0.05, 0.1) is 5.69 Å². The van der Waals surface area contributed by atoms with Gasteiger partial charge in [-0.15, -0.1) is 0 Å². The minimum atomic E-state index is 0.583. The Morgan fingerprint density at radius 2 is 2.12 bits per heavy atom. The van der Waals surface area contributed by atoms with E-state index in [1.807, 2.05) is 0 Å². The van der Waals surface area contributed by atoms with Gasteiger partial charge in [-0.25, -0.2) is 0 Å². The Hall–Kier alpha value is -0.290. The number of hydrogen-bond acceptors (Lipinski definition) is 2. The molecule has 1 aliphatic heterocycles. The van der Waals surface area contributed by atoms with Gasteiger partial charge in [0.1, 0.15) is 0 Å². The van der Waals surface area contributed by atoms with Gasteiger partial charge < -0.3 is 10.2 Å². The fourth-order valence-corrected chi connectivity index (χ4v) is 3.02. The van der Waals surface area contributed by atoms with Crippen LogP contribution < -0.4 is 10.2 Å². The summed E-state index contributed by atoms with van der Waals surface area (Å²) < 4.78 is 1.35. The summed E-state index contributed by atoms with van der Waals surface area (Å²) in [5, 5.41) is 3.62. The Bertz CT molecular complexity index is 352. The van der Waals surface area contributed by atoms with Gasteiger partial charge in [0, 0.05) is 28.7 Å². The molecule has 88 valence electrons. The van der Waals surface area contributed by atoms with E-state index in [1.54, 1.807) is 0 Å². The first-order valence-corrected chi connectivity index (χ1v) is 7.00. The molecule has 0 radical (unpaired) electrons. The van der Waals surface area contributed by atoms with E-state index in [4.69, 9.17) is 0 Å². The number of rotatable bonds is 3. The zero-order chi connectivity index (χ0) is 11.5. The van der Waals surface area contributed by atoms with Crippen LogP contribution in [-0.2, 0) is 0 Å². The lowest BCUT2D eigenvalue weighted by molar-refractivity contribution is 0.492. The number of halogens is 1. The first-order valence-electron chi connectivity index (χ1n) is 5.92. The number of nitrogens with zero attached hydrogens (tertiary/aromatic N) is 1. The molecule has 2 nitrogen and oxygen atoms in total. The quantitative estimate of drug-likeness (QED) is 0.858. The average Bonchev–Trinajstić information content (AvgIpc) is 2.66. The van der Waals surface area contributed by atoms with E-state index in [0.717, 1.165) is 6.54 Å². The molecule has 1 unspecified atom stereocenters. The monoisotopic (exact) mass is 330 g/mol. The van der Waals surface area contributed by atoms with Crippen LogP contribution in [0.4, 0.5) is 5.69 Å². The third-order valence-electron chi connectivity index (χ3n) is 2.95. The molecule has 0 saturated carbocycles. The molecule has 1 aromatic rings. The summed E-state index contributed by atoms with van der Waals surface area (Å²) in [6.07, 6.45) is 1.25. The fourth-order valence-electron chi connectivity index (χ4n) is 2.29. The molecule has 1 fully saturated rings. The van der Waals surface area contributed by atoms with Crippen molar-refractivity contribution in [2.45, 2.75) is 32.4 Å². The summed E-state index contributed by atoms with van der Waals surface area (Å²) in [4.78, 5) is 2.49. The fraction of sp³-hybridized carbons (Fsp3) is 0.538. The molecular weight excluding hydrogens is 311 g/mol. The van der Waals surface area contributed by atoms with E-state index in [0.29, 0.717) is 12.1 Å². The van der Waals surface area contributed by atoms with Gasteiger partial charge in [0.25, 0.3) is 0 Å². The largest absolute Gasteiger partial charge is 0.369 e. The van der Waals surface area contributed by atoms with Gasteiger partial charge >= 0.3 is 0 Å². The number of anilines is 1. The molecule has 1 aliphatic rings. The summed E-state index contributed by atoms with van der Waals surface area (Å²) in [7, 11) is 0. The topological polar surface area (TPSA) is 15.3 Å². The normalized spacial score (nSPS) is 20.8. The third kappa shape index (κ3) is 2.88. The predicted molar refractivity (Wildman–Crippen MR) is 78.0 cm³/mol. The van der Waals surface area contributed by atoms with Gasteiger partial charge in [-0.3, -0.25) is 0 Å². The first-order chi connectivity index (χ1) is 7.66. The van der Waals surface area contributed by atoms with Crippen molar-refractivity contribution in [2.24, 2.45) is 0 Å². The molecule has 0 amide bonds. The minimum absolute atomic E-state index is 0.583. The molecule has 1 atom stereocenters. The van der Waals surface area contributed by atoms with Crippen molar-refractivity contribution in [2.75, 3.05) is 18.0 Å². The molecule has 2 rings (SSSR count). The second-order valence-corrected chi connectivity index (χ2v) is 5.87. The minimum Gasteiger partial charge on any atom is -0.369 e. The molecule has 0 bridgehead atoms. The maximum atomic E-state index is 3.62. The van der Waals surface area contributed by atoms with Crippen LogP contribution in [0.1, 0.15) is 20.3 Å². The van der Waals surface area contributed by atoms with Crippen molar-refractivity contribution in [1.29, 1.82) is 0 Å². The van der Waals surface area contributed by atoms with E-state index >= 15 is 0 Å². The highest BCUT2D eigenvalue weighted by Crippen LogP contribution is 2.25. The molecule has 3 heteroatoms. The van der Waals surface area contributed by atoms with Crippen molar-refractivity contribution < 1.29 is 0 Å². The summed E-state index contributed by atoms with van der Waals surface area (Å²) >= 11 is 2.42. The highest BCUT2D eigenvalue weighted by Gasteiger charge is 2.23. The van der Waals surface area contributed by atoms with Crippen molar-refractivity contribution >= 4 is 28.3 Å². The highest BCUT2D eigenvalue weighted by atomic mass is 127. The van der Waals surface area contributed by atoms with Gasteiger partial charge in [-0.2, -0.15) is 0 Å². The average molecular weight is 330 g/mol. The van der Waals surface area contributed by atoms with Crippen molar-refractivity contribution in [3.8, 4) is 0 Å². The van der Waals surface area contributed by atoms with Crippen LogP contribution in [0.25, 0.3) is 0 Å². The highest BCUT2D eigenvalue weighted by molar-refractivity contribution is 14.1. The van der Waals surface area contributed by atoms with Crippen LogP contribution in [-0.4, -0.2) is 25.2 Å². The summed E-state index contributed by atoms with van der Waals surface area (Å²) in [5.74, 6) is 0. The smallest absolute Gasteiger partial charge is 0.0502 e. The first kappa shape index (κ1) is 12.2. The van der Waals surface area contributed by atoms with E-state index in [1.165, 1.54) is 22.2 Å². The van der Waals surface area contributed by atoms with Crippen LogP contribution in [0.2, 0.25) is 0 Å². The Morgan fingerprint density at radius 3 is 2.81 bits per heavy atom. The third-order valence-corrected chi connectivity index (χ3v) is 3.86. The number of nitrogens with one attached hydrogen (secondary N) is 1. The summed E-state index contributed by atoms with van der Waals surface area (Å²) in [6, 6.07) is 9.86. The van der Waals surface area contributed by atoms with E-state index < -0.39 is 0 Å². The van der Waals surface area contributed by atoms with E-state index in [-0.39, 0.29) is 0 Å². The molecular formula is C13H19IN2. The molecule has 0 aromatic heterocycles. The lowest BCUT2D eigenvalue weighted by Gasteiger charge is -2.21. The number of para-hydroxylation sites is 1. The maximum absolute atomic E-state index is 3.62. The van der Waals surface area contributed by atoms with Crippen molar-refractivity contribution in [3.05, 3.63) is 27.8 Å². The molecule has 16 heavy (non-hydrogen) atoms. The Morgan fingerprint density at radius 1 is 1.38 bits per heavy atom. The van der Waals surface area contributed by atoms with Gasteiger partial charge in [0.15, 0.2) is 0 Å². The van der Waals surface area contributed by atoms with Crippen molar-refractivity contribution in [3.63, 3.8) is 0 Å². The molecule has 0 aliphatic carbocycles. The maximum Gasteiger partial charge on any atom is 0.0502 e. The second-order valence-electron chi connectivity index (χ2n) is 4.70. The van der Waals surface area contributed by atoms with Crippen LogP contribution in [0.5, 0.6) is 0 Å². The molecule has 0 spiro atoms. The van der Waals surface area contributed by atoms with Crippen LogP contribution >= 0.6 is 22.6 Å². The lowest BCUT2D eigenvalue weighted by Crippen LogP contribution is -2.37. The second kappa shape index (κ2) is 5.36. The molecule has 1 heterocycles. The molecule has 1 saturated heterocycles. The van der Waals surface area contributed by atoms with E-state index in [2.05, 4.69) is 70.9 Å². The SMILES string of the molecule is CC(C)NC1CCN(c2ccccc2I)C1. The lowest BCUT2D eigenvalue weighted by atomic mass is 10.2. The van der Waals surface area contributed by atoms with Crippen LogP contribution in [0.15, 0.2) is 24.3 Å². The standard InChI is InChI=1S/C13H19IN2/c1-10(2)15-11-7-8-16(9-11)13-6-4-3-5-12(13)14/h3-6,10-11,15H,7-9H2,1-2H3. The zero-order valence-corrected chi connectivity index (χ0v) is 12.1. The number of benzene rings is 1. The van der Waals surface area contributed by atoms with Gasteiger partial charge in [-0.1, -0.05) is 26.0 Å². The summed E-state index contributed by atoms with van der Waals surface area (Å²) in [6.45, 7) is 6.74. The zero-order valence-electron chi connectivity index (χ0n) is 9.91. The van der Waals surface area contributed by atoms with Crippen molar-refractivity contribution in [1.82, 2.24) is 5.32 Å². The number of hydrogen-bond donors (Lipinski definition) is 1.